The van der Waals surface area contributed by atoms with Crippen LogP contribution in [0.25, 0.3) is 0 Å². The Labute approximate surface area is 172 Å². The van der Waals surface area contributed by atoms with Crippen molar-refractivity contribution in [1.82, 2.24) is 5.32 Å². The lowest BCUT2D eigenvalue weighted by Crippen LogP contribution is -2.54. The second kappa shape index (κ2) is 7.07. The van der Waals surface area contributed by atoms with Gasteiger partial charge in [0.15, 0.2) is 5.54 Å². The Balaban J connectivity index is 1.80. The topological polar surface area (TPSA) is 93.5 Å². The monoisotopic (exact) mass is 411 g/mol. The Hall–Kier alpha value is -3.08. The van der Waals surface area contributed by atoms with Crippen LogP contribution in [0.3, 0.4) is 0 Å². The Bertz CT molecular complexity index is 1050. The first-order chi connectivity index (χ1) is 13.9. The van der Waals surface area contributed by atoms with E-state index >= 15 is 0 Å². The van der Waals surface area contributed by atoms with Crippen molar-refractivity contribution in [3.8, 4) is 18.1 Å². The van der Waals surface area contributed by atoms with Crippen molar-refractivity contribution in [2.75, 3.05) is 11.9 Å². The molecule has 2 aromatic rings. The quantitative estimate of drug-likeness (QED) is 0.458. The molecule has 1 amide bonds. The van der Waals surface area contributed by atoms with Crippen LogP contribution < -0.4 is 15.4 Å². The lowest BCUT2D eigenvalue weighted by molar-refractivity contribution is -0.532. The van der Waals surface area contributed by atoms with Crippen molar-refractivity contribution in [3.05, 3.63) is 68.7 Å². The fraction of sp³-hybridized carbons (Fsp3) is 0.286. The SMILES string of the molecule is C#CCOc1ccc([C@@H]2[C@H](C)N[C@]3(C(=O)Nc4ccccc43)[C@@H]2[N+](=O)[O-])cc1Cl. The predicted molar refractivity (Wildman–Crippen MR) is 109 cm³/mol. The highest BCUT2D eigenvalue weighted by Crippen LogP contribution is 2.50. The molecule has 1 spiro atoms. The van der Waals surface area contributed by atoms with Gasteiger partial charge in [-0.2, -0.15) is 0 Å². The average Bonchev–Trinajstić information content (AvgIpc) is 3.15. The minimum atomic E-state index is -1.45. The Morgan fingerprint density at radius 2 is 2.10 bits per heavy atom. The lowest BCUT2D eigenvalue weighted by atomic mass is 9.78. The fourth-order valence-electron chi connectivity index (χ4n) is 4.51. The number of ether oxygens (including phenoxy) is 1. The summed E-state index contributed by atoms with van der Waals surface area (Å²) in [6.45, 7) is 1.90. The molecule has 0 aromatic heterocycles. The van der Waals surface area contributed by atoms with E-state index in [0.717, 1.165) is 0 Å². The van der Waals surface area contributed by atoms with Gasteiger partial charge in [-0.1, -0.05) is 41.8 Å². The summed E-state index contributed by atoms with van der Waals surface area (Å²) in [6.07, 6.45) is 5.20. The molecule has 7 nitrogen and oxygen atoms in total. The molecule has 29 heavy (non-hydrogen) atoms. The van der Waals surface area contributed by atoms with E-state index in [-0.39, 0.29) is 17.6 Å². The summed E-state index contributed by atoms with van der Waals surface area (Å²) >= 11 is 6.32. The van der Waals surface area contributed by atoms with Crippen LogP contribution in [0.5, 0.6) is 5.75 Å². The third kappa shape index (κ3) is 2.84. The molecule has 0 radical (unpaired) electrons. The second-order valence-corrected chi connectivity index (χ2v) is 7.59. The van der Waals surface area contributed by atoms with Gasteiger partial charge in [0.2, 0.25) is 0 Å². The van der Waals surface area contributed by atoms with Gasteiger partial charge in [0.25, 0.3) is 11.9 Å². The molecule has 1 saturated heterocycles. The van der Waals surface area contributed by atoms with Crippen molar-refractivity contribution in [2.45, 2.75) is 30.5 Å². The summed E-state index contributed by atoms with van der Waals surface area (Å²) in [5.74, 6) is 1.77. The minimum absolute atomic E-state index is 0.0675. The summed E-state index contributed by atoms with van der Waals surface area (Å²) in [7, 11) is 0. The van der Waals surface area contributed by atoms with Gasteiger partial charge in [0.05, 0.1) is 10.9 Å². The zero-order valence-electron chi connectivity index (χ0n) is 15.5. The van der Waals surface area contributed by atoms with Crippen LogP contribution in [0.4, 0.5) is 5.69 Å². The normalized spacial score (nSPS) is 27.3. The number of hydrogen-bond donors (Lipinski definition) is 2. The maximum absolute atomic E-state index is 13.0. The van der Waals surface area contributed by atoms with Crippen LogP contribution in [-0.4, -0.2) is 29.5 Å². The van der Waals surface area contributed by atoms with Gasteiger partial charge in [-0.3, -0.25) is 20.2 Å². The van der Waals surface area contributed by atoms with Crippen molar-refractivity contribution in [1.29, 1.82) is 0 Å². The molecule has 8 heteroatoms. The van der Waals surface area contributed by atoms with Crippen LogP contribution in [0.15, 0.2) is 42.5 Å². The lowest BCUT2D eigenvalue weighted by Gasteiger charge is -2.25. The highest BCUT2D eigenvalue weighted by molar-refractivity contribution is 6.32. The Morgan fingerprint density at radius 1 is 1.34 bits per heavy atom. The van der Waals surface area contributed by atoms with Crippen LogP contribution in [0, 0.1) is 22.5 Å². The van der Waals surface area contributed by atoms with E-state index in [1.807, 2.05) is 6.92 Å². The van der Waals surface area contributed by atoms with E-state index in [1.165, 1.54) is 0 Å². The zero-order valence-corrected chi connectivity index (χ0v) is 16.3. The molecule has 4 atom stereocenters. The molecule has 0 bridgehead atoms. The molecule has 4 rings (SSSR count). The number of anilines is 1. The molecule has 2 aliphatic heterocycles. The van der Waals surface area contributed by atoms with Gasteiger partial charge >= 0.3 is 0 Å². The molecule has 2 aliphatic rings. The molecular formula is C21H18ClN3O4. The van der Waals surface area contributed by atoms with Gasteiger partial charge in [0.1, 0.15) is 12.4 Å². The Kier molecular flexibility index (Phi) is 4.69. The molecule has 148 valence electrons. The van der Waals surface area contributed by atoms with Gasteiger partial charge in [0, 0.05) is 22.2 Å². The van der Waals surface area contributed by atoms with Crippen LogP contribution in [0.2, 0.25) is 5.02 Å². The maximum Gasteiger partial charge on any atom is 0.256 e. The first kappa shape index (κ1) is 19.2. The third-order valence-electron chi connectivity index (χ3n) is 5.62. The number of nitrogens with one attached hydrogen (secondary N) is 2. The van der Waals surface area contributed by atoms with Gasteiger partial charge in [-0.05, 0) is 30.7 Å². The largest absolute Gasteiger partial charge is 0.479 e. The van der Waals surface area contributed by atoms with Crippen molar-refractivity contribution < 1.29 is 14.5 Å². The van der Waals surface area contributed by atoms with Crippen molar-refractivity contribution in [2.24, 2.45) is 0 Å². The third-order valence-corrected chi connectivity index (χ3v) is 5.91. The number of para-hydroxylation sites is 1. The summed E-state index contributed by atoms with van der Waals surface area (Å²) in [6, 6.07) is 10.5. The smallest absolute Gasteiger partial charge is 0.256 e. The number of benzene rings is 2. The first-order valence-electron chi connectivity index (χ1n) is 9.08. The summed E-state index contributed by atoms with van der Waals surface area (Å²) in [5.41, 5.74) is 0.371. The molecule has 0 unspecified atom stereocenters. The standard InChI is InChI=1S/C21H18ClN3O4/c1-3-10-29-17-9-8-13(11-15(17)22)18-12(2)24-21(19(18)25(27)28)14-6-4-5-7-16(14)23-20(21)26/h1,4-9,11-12,18-19,24H,10H2,2H3,(H,23,26)/t12-,18-,19+,21-/m0/s1. The number of halogens is 1. The van der Waals surface area contributed by atoms with Crippen molar-refractivity contribution >= 4 is 23.2 Å². The van der Waals surface area contributed by atoms with Crippen LogP contribution >= 0.6 is 11.6 Å². The highest BCUT2D eigenvalue weighted by atomic mass is 35.5. The minimum Gasteiger partial charge on any atom is -0.479 e. The molecule has 0 saturated carbocycles. The number of terminal acetylenes is 1. The second-order valence-electron chi connectivity index (χ2n) is 7.18. The van der Waals surface area contributed by atoms with E-state index in [4.69, 9.17) is 22.8 Å². The van der Waals surface area contributed by atoms with Crippen LogP contribution in [0.1, 0.15) is 24.0 Å². The number of hydrogen-bond acceptors (Lipinski definition) is 5. The summed E-state index contributed by atoms with van der Waals surface area (Å²) in [4.78, 5) is 24.9. The highest BCUT2D eigenvalue weighted by Gasteiger charge is 2.67. The van der Waals surface area contributed by atoms with Gasteiger partial charge in [-0.15, -0.1) is 6.42 Å². The number of nitro groups is 1. The van der Waals surface area contributed by atoms with Gasteiger partial charge in [-0.25, -0.2) is 0 Å². The molecule has 2 heterocycles. The van der Waals surface area contributed by atoms with Crippen LogP contribution in [-0.2, 0) is 10.3 Å². The number of fused-ring (bicyclic) bond motifs is 2. The number of rotatable bonds is 4. The average molecular weight is 412 g/mol. The maximum atomic E-state index is 13.0. The first-order valence-corrected chi connectivity index (χ1v) is 9.45. The molecule has 0 aliphatic carbocycles. The fourth-order valence-corrected chi connectivity index (χ4v) is 4.76. The number of carbonyl (C=O) groups is 1. The van der Waals surface area contributed by atoms with E-state index in [0.29, 0.717) is 27.6 Å². The molecule has 1 fully saturated rings. The predicted octanol–water partition coefficient (Wildman–Crippen LogP) is 2.92. The van der Waals surface area contributed by atoms with Gasteiger partial charge < -0.3 is 10.1 Å². The van der Waals surface area contributed by atoms with E-state index < -0.39 is 23.4 Å². The molecule has 2 aromatic carbocycles. The van der Waals surface area contributed by atoms with E-state index in [9.17, 15) is 14.9 Å². The number of amides is 1. The number of carbonyl (C=O) groups excluding carboxylic acids is 1. The molecular weight excluding hydrogens is 394 g/mol. The number of nitrogens with zero attached hydrogens (tertiary/aromatic N) is 1. The van der Waals surface area contributed by atoms with Crippen molar-refractivity contribution in [3.63, 3.8) is 0 Å². The molecule has 2 N–H and O–H groups in total. The Morgan fingerprint density at radius 3 is 2.79 bits per heavy atom. The zero-order chi connectivity index (χ0) is 20.8. The summed E-state index contributed by atoms with van der Waals surface area (Å²) < 4.78 is 5.38. The van der Waals surface area contributed by atoms with E-state index in [1.54, 1.807) is 42.5 Å². The summed E-state index contributed by atoms with van der Waals surface area (Å²) in [5, 5.41) is 18.6. The van der Waals surface area contributed by atoms with E-state index in [2.05, 4.69) is 16.6 Å².